The molecule has 2 N–H and O–H groups in total. The molecule has 0 radical (unpaired) electrons. The Hall–Kier alpha value is -1.81. The molecule has 1 aromatic carbocycles. The van der Waals surface area contributed by atoms with Gasteiger partial charge in [0.05, 0.1) is 16.9 Å². The molecule has 0 aliphatic carbocycles. The monoisotopic (exact) mass is 252 g/mol. The molecular formula is C12H10ClFN2O. The third kappa shape index (κ3) is 2.85. The molecule has 2 aromatic rings. The van der Waals surface area contributed by atoms with E-state index < -0.39 is 5.95 Å². The molecule has 0 aliphatic heterocycles. The van der Waals surface area contributed by atoms with Gasteiger partial charge in [-0.25, -0.2) is 4.98 Å². The number of pyridine rings is 1. The fraction of sp³-hybridized carbons (Fsp3) is 0.0833. The van der Waals surface area contributed by atoms with Gasteiger partial charge in [-0.3, -0.25) is 0 Å². The van der Waals surface area contributed by atoms with Gasteiger partial charge in [0, 0.05) is 12.1 Å². The van der Waals surface area contributed by atoms with Crippen LogP contribution in [0.1, 0.15) is 5.56 Å². The van der Waals surface area contributed by atoms with Crippen molar-refractivity contribution >= 4 is 17.3 Å². The van der Waals surface area contributed by atoms with Crippen molar-refractivity contribution in [2.45, 2.75) is 6.54 Å². The van der Waals surface area contributed by atoms with Crippen LogP contribution in [0.3, 0.4) is 0 Å². The number of phenolic OH excluding ortho intramolecular Hbond substituents is 1. The number of nitrogens with one attached hydrogen (secondary N) is 1. The van der Waals surface area contributed by atoms with E-state index in [0.717, 1.165) is 0 Å². The van der Waals surface area contributed by atoms with Crippen molar-refractivity contribution < 1.29 is 9.50 Å². The van der Waals surface area contributed by atoms with Gasteiger partial charge in [0.25, 0.3) is 0 Å². The average Bonchev–Trinajstić information content (AvgIpc) is 2.33. The quantitative estimate of drug-likeness (QED) is 0.825. The van der Waals surface area contributed by atoms with Gasteiger partial charge in [0.1, 0.15) is 5.75 Å². The van der Waals surface area contributed by atoms with Gasteiger partial charge in [-0.05, 0) is 18.2 Å². The Morgan fingerprint density at radius 2 is 2.12 bits per heavy atom. The van der Waals surface area contributed by atoms with Crippen LogP contribution in [0.5, 0.6) is 5.75 Å². The molecule has 17 heavy (non-hydrogen) atoms. The van der Waals surface area contributed by atoms with Gasteiger partial charge in [0.2, 0.25) is 5.95 Å². The van der Waals surface area contributed by atoms with Crippen LogP contribution in [0.15, 0.2) is 36.5 Å². The third-order valence-electron chi connectivity index (χ3n) is 2.28. The van der Waals surface area contributed by atoms with E-state index in [1.54, 1.807) is 24.3 Å². The van der Waals surface area contributed by atoms with Gasteiger partial charge in [-0.15, -0.1) is 0 Å². The fourth-order valence-corrected chi connectivity index (χ4v) is 1.57. The maximum Gasteiger partial charge on any atom is 0.212 e. The first-order valence-electron chi connectivity index (χ1n) is 4.98. The molecule has 0 saturated heterocycles. The molecule has 0 aliphatic rings. The largest absolute Gasteiger partial charge is 0.506 e. The predicted molar refractivity (Wildman–Crippen MR) is 64.6 cm³/mol. The molecule has 3 nitrogen and oxygen atoms in total. The van der Waals surface area contributed by atoms with Gasteiger partial charge in [0.15, 0.2) is 0 Å². The van der Waals surface area contributed by atoms with Crippen LogP contribution >= 0.6 is 11.6 Å². The molecule has 0 saturated carbocycles. The highest BCUT2D eigenvalue weighted by molar-refractivity contribution is 6.32. The number of hydrogen-bond acceptors (Lipinski definition) is 3. The van der Waals surface area contributed by atoms with Crippen molar-refractivity contribution in [1.29, 1.82) is 0 Å². The van der Waals surface area contributed by atoms with Crippen molar-refractivity contribution in [2.24, 2.45) is 0 Å². The first-order valence-corrected chi connectivity index (χ1v) is 5.36. The lowest BCUT2D eigenvalue weighted by molar-refractivity contribution is 0.469. The summed E-state index contributed by atoms with van der Waals surface area (Å²) in [6.07, 6.45) is 1.39. The number of aromatic nitrogens is 1. The molecule has 88 valence electrons. The zero-order chi connectivity index (χ0) is 12.3. The minimum Gasteiger partial charge on any atom is -0.506 e. The van der Waals surface area contributed by atoms with Crippen molar-refractivity contribution in [3.05, 3.63) is 53.1 Å². The Kier molecular flexibility index (Phi) is 3.44. The fourth-order valence-electron chi connectivity index (χ4n) is 1.38. The number of para-hydroxylation sites is 1. The first-order chi connectivity index (χ1) is 8.16. The highest BCUT2D eigenvalue weighted by Gasteiger charge is 2.04. The van der Waals surface area contributed by atoms with Crippen molar-refractivity contribution in [3.63, 3.8) is 0 Å². The Bertz CT molecular complexity index is 516. The number of benzene rings is 1. The number of hydrogen-bond donors (Lipinski definition) is 2. The average molecular weight is 253 g/mol. The molecule has 0 atom stereocenters. The molecule has 2 rings (SSSR count). The maximum atomic E-state index is 12.6. The molecule has 1 heterocycles. The lowest BCUT2D eigenvalue weighted by atomic mass is 10.2. The van der Waals surface area contributed by atoms with Crippen molar-refractivity contribution in [1.82, 2.24) is 4.98 Å². The minimum atomic E-state index is -0.527. The van der Waals surface area contributed by atoms with Crippen LogP contribution in [0.2, 0.25) is 5.02 Å². The van der Waals surface area contributed by atoms with Crippen LogP contribution in [0.4, 0.5) is 10.1 Å². The number of aromatic hydroxyl groups is 1. The summed E-state index contributed by atoms with van der Waals surface area (Å²) in [6, 6.07) is 7.96. The van der Waals surface area contributed by atoms with Crippen LogP contribution in [-0.4, -0.2) is 10.1 Å². The van der Waals surface area contributed by atoms with Gasteiger partial charge in [-0.2, -0.15) is 4.39 Å². The normalized spacial score (nSPS) is 10.2. The summed E-state index contributed by atoms with van der Waals surface area (Å²) in [7, 11) is 0. The second-order valence-corrected chi connectivity index (χ2v) is 3.88. The Morgan fingerprint density at radius 3 is 2.82 bits per heavy atom. The van der Waals surface area contributed by atoms with Crippen LogP contribution in [-0.2, 0) is 6.54 Å². The van der Waals surface area contributed by atoms with Crippen LogP contribution < -0.4 is 5.32 Å². The molecule has 0 fully saturated rings. The topological polar surface area (TPSA) is 45.1 Å². The van der Waals surface area contributed by atoms with Gasteiger partial charge in [-0.1, -0.05) is 23.7 Å². The Balaban J connectivity index is 2.07. The summed E-state index contributed by atoms with van der Waals surface area (Å²) in [4.78, 5) is 3.51. The highest BCUT2D eigenvalue weighted by atomic mass is 35.5. The second-order valence-electron chi connectivity index (χ2n) is 3.47. The molecular weight excluding hydrogens is 243 g/mol. The maximum absolute atomic E-state index is 12.6. The summed E-state index contributed by atoms with van der Waals surface area (Å²) >= 11 is 5.78. The molecule has 0 spiro atoms. The molecule has 0 bridgehead atoms. The molecule has 1 aromatic heterocycles. The Morgan fingerprint density at radius 1 is 1.29 bits per heavy atom. The van der Waals surface area contributed by atoms with Crippen LogP contribution in [0, 0.1) is 5.95 Å². The molecule has 5 heteroatoms. The summed E-state index contributed by atoms with van der Waals surface area (Å²) in [5.41, 5.74) is 1.34. The third-order valence-corrected chi connectivity index (χ3v) is 2.59. The standard InChI is InChI=1S/C12H10ClFN2O/c13-10-3-1-2-8(12(10)17)6-15-9-4-5-11(14)16-7-9/h1-5,7,15,17H,6H2. The Labute approximate surface area is 103 Å². The van der Waals surface area contributed by atoms with E-state index in [2.05, 4.69) is 10.3 Å². The lowest BCUT2D eigenvalue weighted by Crippen LogP contribution is -2.00. The summed E-state index contributed by atoms with van der Waals surface area (Å²) in [6.45, 7) is 0.389. The highest BCUT2D eigenvalue weighted by Crippen LogP contribution is 2.27. The number of nitrogens with zero attached hydrogens (tertiary/aromatic N) is 1. The lowest BCUT2D eigenvalue weighted by Gasteiger charge is -2.08. The van der Waals surface area contributed by atoms with E-state index in [9.17, 15) is 9.50 Å². The van der Waals surface area contributed by atoms with E-state index >= 15 is 0 Å². The van der Waals surface area contributed by atoms with E-state index in [4.69, 9.17) is 11.6 Å². The molecule has 0 unspecified atom stereocenters. The summed E-state index contributed by atoms with van der Waals surface area (Å²) < 4.78 is 12.6. The summed E-state index contributed by atoms with van der Waals surface area (Å²) in [5, 5.41) is 13.0. The summed E-state index contributed by atoms with van der Waals surface area (Å²) in [5.74, 6) is -0.474. The molecule has 0 amide bonds. The zero-order valence-corrected chi connectivity index (χ0v) is 9.58. The van der Waals surface area contributed by atoms with E-state index in [0.29, 0.717) is 22.8 Å². The second kappa shape index (κ2) is 5.01. The van der Waals surface area contributed by atoms with Crippen molar-refractivity contribution in [2.75, 3.05) is 5.32 Å². The minimum absolute atomic E-state index is 0.0525. The number of rotatable bonds is 3. The van der Waals surface area contributed by atoms with Crippen molar-refractivity contribution in [3.8, 4) is 5.75 Å². The van der Waals surface area contributed by atoms with Gasteiger partial charge >= 0.3 is 0 Å². The SMILES string of the molecule is Oc1c(Cl)cccc1CNc1ccc(F)nc1. The first kappa shape index (κ1) is 11.7. The number of phenols is 1. The van der Waals surface area contributed by atoms with E-state index in [-0.39, 0.29) is 5.75 Å². The van der Waals surface area contributed by atoms with E-state index in [1.165, 1.54) is 12.3 Å². The zero-order valence-electron chi connectivity index (χ0n) is 8.82. The van der Waals surface area contributed by atoms with Crippen LogP contribution in [0.25, 0.3) is 0 Å². The predicted octanol–water partition coefficient (Wildman–Crippen LogP) is 3.19. The number of anilines is 1. The van der Waals surface area contributed by atoms with Gasteiger partial charge < -0.3 is 10.4 Å². The smallest absolute Gasteiger partial charge is 0.212 e. The number of halogens is 2. The van der Waals surface area contributed by atoms with E-state index in [1.807, 2.05) is 0 Å².